The Kier molecular flexibility index (Phi) is 5.69. The number of rotatable bonds is 6. The van der Waals surface area contributed by atoms with Crippen LogP contribution >= 0.6 is 11.6 Å². The Balaban J connectivity index is 2.33. The lowest BCUT2D eigenvalue weighted by Gasteiger charge is -2.10. The van der Waals surface area contributed by atoms with Crippen molar-refractivity contribution in [2.75, 3.05) is 13.1 Å². The number of benzene rings is 1. The van der Waals surface area contributed by atoms with Crippen molar-refractivity contribution >= 4 is 11.6 Å². The third-order valence-electron chi connectivity index (χ3n) is 2.34. The second-order valence-corrected chi connectivity index (χ2v) is 4.00. The first-order valence-electron chi connectivity index (χ1n) is 5.38. The van der Waals surface area contributed by atoms with Crippen LogP contribution in [0.4, 0.5) is 0 Å². The van der Waals surface area contributed by atoms with Gasteiger partial charge in [0.25, 0.3) is 0 Å². The summed E-state index contributed by atoms with van der Waals surface area (Å²) in [4.78, 5) is 0. The zero-order valence-electron chi connectivity index (χ0n) is 9.04. The topological polar surface area (TPSA) is 32.3 Å². The lowest BCUT2D eigenvalue weighted by Crippen LogP contribution is -2.14. The zero-order valence-corrected chi connectivity index (χ0v) is 9.80. The van der Waals surface area contributed by atoms with Crippen molar-refractivity contribution in [1.29, 1.82) is 0 Å². The van der Waals surface area contributed by atoms with E-state index < -0.39 is 0 Å². The van der Waals surface area contributed by atoms with E-state index in [1.165, 1.54) is 0 Å². The Morgan fingerprint density at radius 2 is 2.00 bits per heavy atom. The van der Waals surface area contributed by atoms with E-state index in [0.29, 0.717) is 5.02 Å². The number of hydrogen-bond acceptors (Lipinski definition) is 2. The third-order valence-corrected chi connectivity index (χ3v) is 2.59. The molecule has 0 aromatic heterocycles. The van der Waals surface area contributed by atoms with Gasteiger partial charge >= 0.3 is 0 Å². The molecule has 0 aliphatic rings. The van der Waals surface area contributed by atoms with Crippen molar-refractivity contribution in [3.8, 4) is 0 Å². The van der Waals surface area contributed by atoms with Gasteiger partial charge in [-0.15, -0.1) is 0 Å². The van der Waals surface area contributed by atoms with Gasteiger partial charge in [0, 0.05) is 5.02 Å². The van der Waals surface area contributed by atoms with Crippen molar-refractivity contribution < 1.29 is 5.11 Å². The summed E-state index contributed by atoms with van der Waals surface area (Å²) in [6, 6.07) is 7.37. The predicted octanol–water partition coefficient (Wildman–Crippen LogP) is 2.76. The molecule has 2 N–H and O–H groups in total. The van der Waals surface area contributed by atoms with Crippen LogP contribution in [-0.2, 0) is 0 Å². The maximum absolute atomic E-state index is 9.84. The first-order valence-corrected chi connectivity index (χ1v) is 5.76. The third kappa shape index (κ3) is 4.65. The lowest BCUT2D eigenvalue weighted by molar-refractivity contribution is 0.164. The van der Waals surface area contributed by atoms with E-state index in [1.54, 1.807) is 0 Å². The van der Waals surface area contributed by atoms with Crippen LogP contribution in [-0.4, -0.2) is 18.2 Å². The molecule has 2 nitrogen and oxygen atoms in total. The average molecular weight is 228 g/mol. The molecule has 3 heteroatoms. The lowest BCUT2D eigenvalue weighted by atomic mass is 10.1. The van der Waals surface area contributed by atoms with Gasteiger partial charge in [0.2, 0.25) is 0 Å². The molecule has 0 bridgehead atoms. The largest absolute Gasteiger partial charge is 0.388 e. The molecular formula is C12H18ClNO. The first kappa shape index (κ1) is 12.5. The van der Waals surface area contributed by atoms with Gasteiger partial charge < -0.3 is 10.4 Å². The molecule has 1 rings (SSSR count). The molecule has 84 valence electrons. The molecule has 1 aromatic rings. The van der Waals surface area contributed by atoms with Crippen molar-refractivity contribution in [3.05, 3.63) is 34.9 Å². The molecule has 1 aromatic carbocycles. The number of aliphatic hydroxyl groups excluding tert-OH is 1. The van der Waals surface area contributed by atoms with E-state index in [2.05, 4.69) is 12.2 Å². The number of nitrogens with one attached hydrogen (secondary N) is 1. The Morgan fingerprint density at radius 1 is 1.33 bits per heavy atom. The summed E-state index contributed by atoms with van der Waals surface area (Å²) < 4.78 is 0. The Hall–Kier alpha value is -0.570. The monoisotopic (exact) mass is 227 g/mol. The normalized spacial score (nSPS) is 12.7. The fourth-order valence-corrected chi connectivity index (χ4v) is 1.57. The summed E-state index contributed by atoms with van der Waals surface area (Å²) in [5, 5.41) is 13.8. The van der Waals surface area contributed by atoms with Crippen LogP contribution in [0.25, 0.3) is 0 Å². The molecule has 1 atom stereocenters. The van der Waals surface area contributed by atoms with Crippen molar-refractivity contribution in [2.45, 2.75) is 25.9 Å². The summed E-state index contributed by atoms with van der Waals surface area (Å²) in [5.41, 5.74) is 0.941. The van der Waals surface area contributed by atoms with Gasteiger partial charge in [-0.2, -0.15) is 0 Å². The van der Waals surface area contributed by atoms with Crippen LogP contribution < -0.4 is 5.32 Å². The minimum Gasteiger partial charge on any atom is -0.388 e. The first-order chi connectivity index (χ1) is 7.24. The molecule has 0 spiro atoms. The maximum Gasteiger partial charge on any atom is 0.0790 e. The summed E-state index contributed by atoms with van der Waals surface area (Å²) in [6.45, 7) is 4.02. The van der Waals surface area contributed by atoms with Crippen molar-refractivity contribution in [1.82, 2.24) is 5.32 Å². The number of halogens is 1. The van der Waals surface area contributed by atoms with Crippen molar-refractivity contribution in [3.63, 3.8) is 0 Å². The van der Waals surface area contributed by atoms with Crippen LogP contribution in [0.1, 0.15) is 31.4 Å². The van der Waals surface area contributed by atoms with Crippen LogP contribution in [0, 0.1) is 0 Å². The molecule has 0 saturated heterocycles. The Morgan fingerprint density at radius 3 is 2.60 bits per heavy atom. The van der Waals surface area contributed by atoms with Gasteiger partial charge in [-0.1, -0.05) is 30.7 Å². The SMILES string of the molecule is CCNCCCC(O)c1ccc(Cl)cc1. The summed E-state index contributed by atoms with van der Waals surface area (Å²) in [5.74, 6) is 0. The molecule has 0 heterocycles. The highest BCUT2D eigenvalue weighted by Gasteiger charge is 2.06. The standard InChI is InChI=1S/C12H18ClNO/c1-2-14-9-3-4-12(15)10-5-7-11(13)8-6-10/h5-8,12,14-15H,2-4,9H2,1H3. The fourth-order valence-electron chi connectivity index (χ4n) is 1.45. The van der Waals surface area contributed by atoms with Gasteiger partial charge in [-0.3, -0.25) is 0 Å². The second kappa shape index (κ2) is 6.83. The van der Waals surface area contributed by atoms with Gasteiger partial charge in [-0.25, -0.2) is 0 Å². The second-order valence-electron chi connectivity index (χ2n) is 3.56. The molecule has 0 fully saturated rings. The quantitative estimate of drug-likeness (QED) is 0.733. The van der Waals surface area contributed by atoms with Gasteiger partial charge in [-0.05, 0) is 43.6 Å². The smallest absolute Gasteiger partial charge is 0.0790 e. The van der Waals surface area contributed by atoms with Gasteiger partial charge in [0.15, 0.2) is 0 Å². The molecule has 0 saturated carbocycles. The van der Waals surface area contributed by atoms with Crippen LogP contribution in [0.2, 0.25) is 5.02 Å². The Labute approximate surface area is 96.3 Å². The van der Waals surface area contributed by atoms with Gasteiger partial charge in [0.05, 0.1) is 6.10 Å². The van der Waals surface area contributed by atoms with E-state index >= 15 is 0 Å². The predicted molar refractivity (Wildman–Crippen MR) is 64.2 cm³/mol. The zero-order chi connectivity index (χ0) is 11.1. The molecule has 0 radical (unpaired) electrons. The summed E-state index contributed by atoms with van der Waals surface area (Å²) >= 11 is 5.77. The molecular weight excluding hydrogens is 210 g/mol. The number of hydrogen-bond donors (Lipinski definition) is 2. The Bertz CT molecular complexity index is 273. The molecule has 1 unspecified atom stereocenters. The minimum atomic E-state index is -0.374. The average Bonchev–Trinajstić information content (AvgIpc) is 2.25. The maximum atomic E-state index is 9.84. The van der Waals surface area contributed by atoms with Crippen LogP contribution in [0.5, 0.6) is 0 Å². The molecule has 15 heavy (non-hydrogen) atoms. The van der Waals surface area contributed by atoms with Gasteiger partial charge in [0.1, 0.15) is 0 Å². The summed E-state index contributed by atoms with van der Waals surface area (Å²) in [7, 11) is 0. The molecule has 0 aliphatic heterocycles. The minimum absolute atomic E-state index is 0.374. The van der Waals surface area contributed by atoms with E-state index in [4.69, 9.17) is 11.6 Å². The van der Waals surface area contributed by atoms with E-state index in [9.17, 15) is 5.11 Å². The van der Waals surface area contributed by atoms with Crippen LogP contribution in [0.3, 0.4) is 0 Å². The molecule has 0 amide bonds. The van der Waals surface area contributed by atoms with Crippen LogP contribution in [0.15, 0.2) is 24.3 Å². The van der Waals surface area contributed by atoms with E-state index in [1.807, 2.05) is 24.3 Å². The highest BCUT2D eigenvalue weighted by atomic mass is 35.5. The number of aliphatic hydroxyl groups is 1. The highest BCUT2D eigenvalue weighted by Crippen LogP contribution is 2.19. The fraction of sp³-hybridized carbons (Fsp3) is 0.500. The highest BCUT2D eigenvalue weighted by molar-refractivity contribution is 6.30. The van der Waals surface area contributed by atoms with E-state index in [-0.39, 0.29) is 6.10 Å². The summed E-state index contributed by atoms with van der Waals surface area (Å²) in [6.07, 6.45) is 1.40. The van der Waals surface area contributed by atoms with Crippen molar-refractivity contribution in [2.24, 2.45) is 0 Å². The molecule has 0 aliphatic carbocycles. The van der Waals surface area contributed by atoms with E-state index in [0.717, 1.165) is 31.5 Å².